The highest BCUT2D eigenvalue weighted by Gasteiger charge is 1.75. The van der Waals surface area contributed by atoms with Crippen LogP contribution in [-0.2, 0) is 0 Å². The Morgan fingerprint density at radius 1 is 1.71 bits per heavy atom. The second-order valence-corrected chi connectivity index (χ2v) is 1.05. The molecule has 4 heteroatoms. The van der Waals surface area contributed by atoms with Crippen LogP contribution in [0.1, 0.15) is 0 Å². The van der Waals surface area contributed by atoms with E-state index in [2.05, 4.69) is 10.2 Å². The van der Waals surface area contributed by atoms with E-state index in [0.717, 1.165) is 0 Å². The van der Waals surface area contributed by atoms with Crippen molar-refractivity contribution in [2.45, 2.75) is 0 Å². The molecular formula is C3H8N4. The summed E-state index contributed by atoms with van der Waals surface area (Å²) < 4.78 is 0. The highest BCUT2D eigenvalue weighted by atomic mass is 15.5. The van der Waals surface area contributed by atoms with Crippen LogP contribution in [0.15, 0.2) is 10.2 Å². The van der Waals surface area contributed by atoms with Gasteiger partial charge < -0.3 is 0 Å². The molecule has 0 aliphatic carbocycles. The lowest BCUT2D eigenvalue weighted by Gasteiger charge is -1.97. The van der Waals surface area contributed by atoms with Crippen LogP contribution in [0.25, 0.3) is 0 Å². The minimum atomic E-state index is 1.31. The molecule has 40 valence electrons. The number of hydrogen-bond acceptors (Lipinski definition) is 3. The zero-order valence-electron chi connectivity index (χ0n) is 4.42. The van der Waals surface area contributed by atoms with Crippen molar-refractivity contribution < 1.29 is 0 Å². The molecule has 0 aromatic carbocycles. The number of nitrogens with zero attached hydrogens (tertiary/aromatic N) is 3. The summed E-state index contributed by atoms with van der Waals surface area (Å²) in [5.41, 5.74) is 6.37. The fourth-order valence-electron chi connectivity index (χ4n) is 0.193. The molecule has 0 unspecified atom stereocenters. The lowest BCUT2D eigenvalue weighted by atomic mass is 11.1. The van der Waals surface area contributed by atoms with Gasteiger partial charge in [0.1, 0.15) is 6.34 Å². The second-order valence-electron chi connectivity index (χ2n) is 1.05. The Labute approximate surface area is 42.3 Å². The molecule has 0 aromatic heterocycles. The molecule has 0 rings (SSSR count). The fraction of sp³-hybridized carbons (Fsp3) is 0.667. The van der Waals surface area contributed by atoms with Gasteiger partial charge in [-0.15, -0.1) is 0 Å². The molecule has 1 N–H and O–H groups in total. The van der Waals surface area contributed by atoms with Gasteiger partial charge in [0, 0.05) is 14.1 Å². The van der Waals surface area contributed by atoms with Crippen LogP contribution in [0.2, 0.25) is 0 Å². The molecule has 0 bridgehead atoms. The first-order valence-corrected chi connectivity index (χ1v) is 1.83. The van der Waals surface area contributed by atoms with Crippen molar-refractivity contribution in [1.82, 2.24) is 5.01 Å². The smallest absolute Gasteiger partial charge is 0.107 e. The average Bonchev–Trinajstić information content (AvgIpc) is 1.68. The molecule has 0 atom stereocenters. The Kier molecular flexibility index (Phi) is 2.83. The maximum absolute atomic E-state index is 6.37. The predicted molar refractivity (Wildman–Crippen MR) is 27.3 cm³/mol. The number of aliphatic imine (C=N–C) groups is 1. The SMILES string of the molecule is C/N=C\N(C)N=N. The minimum absolute atomic E-state index is 1.31. The Morgan fingerprint density at radius 3 is 2.43 bits per heavy atom. The second kappa shape index (κ2) is 3.27. The van der Waals surface area contributed by atoms with E-state index in [0.29, 0.717) is 0 Å². The Balaban J connectivity index is 3.35. The van der Waals surface area contributed by atoms with Gasteiger partial charge in [-0.05, 0) is 0 Å². The Hall–Kier alpha value is -0.930. The van der Waals surface area contributed by atoms with Crippen molar-refractivity contribution in [3.8, 4) is 0 Å². The zero-order valence-corrected chi connectivity index (χ0v) is 4.42. The van der Waals surface area contributed by atoms with E-state index in [1.807, 2.05) is 0 Å². The normalized spacial score (nSPS) is 9.43. The molecule has 0 fully saturated rings. The third-order valence-electron chi connectivity index (χ3n) is 0.440. The van der Waals surface area contributed by atoms with E-state index in [1.54, 1.807) is 14.1 Å². The number of hydrogen-bond donors (Lipinski definition) is 1. The standard InChI is InChI=1S/C3H8N4/c1-5-3-7(2)6-4/h3-4H,1-2H3/b5-3-,6-4?. The van der Waals surface area contributed by atoms with E-state index in [-0.39, 0.29) is 0 Å². The molecule has 0 saturated carbocycles. The van der Waals surface area contributed by atoms with Crippen molar-refractivity contribution >= 4 is 6.34 Å². The van der Waals surface area contributed by atoms with Crippen LogP contribution in [0.4, 0.5) is 0 Å². The summed E-state index contributed by atoms with van der Waals surface area (Å²) >= 11 is 0. The maximum Gasteiger partial charge on any atom is 0.107 e. The highest BCUT2D eigenvalue weighted by Crippen LogP contribution is 1.71. The maximum atomic E-state index is 6.37. The third kappa shape index (κ3) is 2.88. The van der Waals surface area contributed by atoms with Crippen molar-refractivity contribution in [2.75, 3.05) is 14.1 Å². The van der Waals surface area contributed by atoms with E-state index in [4.69, 9.17) is 5.53 Å². The summed E-state index contributed by atoms with van der Waals surface area (Å²) in [5, 5.41) is 4.32. The molecule has 0 aliphatic rings. The van der Waals surface area contributed by atoms with Crippen LogP contribution in [0.3, 0.4) is 0 Å². The lowest BCUT2D eigenvalue weighted by Crippen LogP contribution is -2.04. The molecule has 0 amide bonds. The van der Waals surface area contributed by atoms with E-state index in [1.165, 1.54) is 11.3 Å². The summed E-state index contributed by atoms with van der Waals surface area (Å²) in [6.07, 6.45) is 1.45. The van der Waals surface area contributed by atoms with Crippen molar-refractivity contribution in [3.63, 3.8) is 0 Å². The van der Waals surface area contributed by atoms with Gasteiger partial charge in [0.2, 0.25) is 0 Å². The van der Waals surface area contributed by atoms with Crippen LogP contribution >= 0.6 is 0 Å². The molecular weight excluding hydrogens is 92.1 g/mol. The van der Waals surface area contributed by atoms with Gasteiger partial charge in [-0.2, -0.15) is 5.53 Å². The molecule has 0 spiro atoms. The van der Waals surface area contributed by atoms with Crippen LogP contribution in [0, 0.1) is 5.53 Å². The Morgan fingerprint density at radius 2 is 2.29 bits per heavy atom. The lowest BCUT2D eigenvalue weighted by molar-refractivity contribution is 0.502. The summed E-state index contributed by atoms with van der Waals surface area (Å²) in [4.78, 5) is 3.59. The molecule has 0 saturated heterocycles. The van der Waals surface area contributed by atoms with Gasteiger partial charge in [-0.3, -0.25) is 4.99 Å². The monoisotopic (exact) mass is 100 g/mol. The van der Waals surface area contributed by atoms with Crippen LogP contribution < -0.4 is 0 Å². The van der Waals surface area contributed by atoms with Gasteiger partial charge in [0.25, 0.3) is 0 Å². The molecule has 4 nitrogen and oxygen atoms in total. The molecule has 0 radical (unpaired) electrons. The first kappa shape index (κ1) is 6.07. The fourth-order valence-corrected chi connectivity index (χ4v) is 0.193. The highest BCUT2D eigenvalue weighted by molar-refractivity contribution is 5.53. The topological polar surface area (TPSA) is 51.8 Å². The van der Waals surface area contributed by atoms with E-state index >= 15 is 0 Å². The van der Waals surface area contributed by atoms with E-state index < -0.39 is 0 Å². The van der Waals surface area contributed by atoms with Gasteiger partial charge in [0.05, 0.1) is 0 Å². The molecule has 0 aromatic rings. The van der Waals surface area contributed by atoms with Gasteiger partial charge in [-0.1, -0.05) is 5.22 Å². The number of rotatable bonds is 2. The van der Waals surface area contributed by atoms with Crippen molar-refractivity contribution in [3.05, 3.63) is 0 Å². The van der Waals surface area contributed by atoms with Gasteiger partial charge in [0.15, 0.2) is 0 Å². The third-order valence-corrected chi connectivity index (χ3v) is 0.440. The zero-order chi connectivity index (χ0) is 5.70. The minimum Gasteiger partial charge on any atom is -0.277 e. The first-order chi connectivity index (χ1) is 3.31. The van der Waals surface area contributed by atoms with Crippen LogP contribution in [-0.4, -0.2) is 25.4 Å². The Bertz CT molecular complexity index is 77.0. The molecule has 0 aliphatic heterocycles. The van der Waals surface area contributed by atoms with E-state index in [9.17, 15) is 0 Å². The number of nitrogens with one attached hydrogen (secondary N) is 1. The van der Waals surface area contributed by atoms with Crippen LogP contribution in [0.5, 0.6) is 0 Å². The van der Waals surface area contributed by atoms with Gasteiger partial charge >= 0.3 is 0 Å². The summed E-state index contributed by atoms with van der Waals surface area (Å²) in [6.45, 7) is 0. The predicted octanol–water partition coefficient (Wildman–Crippen LogP) is 0.522. The molecule has 7 heavy (non-hydrogen) atoms. The summed E-state index contributed by atoms with van der Waals surface area (Å²) in [7, 11) is 3.27. The summed E-state index contributed by atoms with van der Waals surface area (Å²) in [6, 6.07) is 0. The first-order valence-electron chi connectivity index (χ1n) is 1.83. The molecule has 0 heterocycles. The van der Waals surface area contributed by atoms with Gasteiger partial charge in [-0.25, -0.2) is 5.01 Å². The quantitative estimate of drug-likeness (QED) is 0.234. The largest absolute Gasteiger partial charge is 0.277 e. The summed E-state index contributed by atoms with van der Waals surface area (Å²) in [5.74, 6) is 0. The van der Waals surface area contributed by atoms with Crippen molar-refractivity contribution in [2.24, 2.45) is 10.2 Å². The van der Waals surface area contributed by atoms with Crippen molar-refractivity contribution in [1.29, 1.82) is 5.53 Å². The average molecular weight is 100 g/mol.